The Hall–Kier alpha value is -2.22. The van der Waals surface area contributed by atoms with Gasteiger partial charge >= 0.3 is 5.97 Å². The Bertz CT molecular complexity index is 649. The molecular weight excluding hydrogens is 360 g/mol. The number of allylic oxidation sites excluding steroid dienone is 6. The van der Waals surface area contributed by atoms with Gasteiger partial charge in [0.2, 0.25) is 5.91 Å². The standard InChI is InChI=1S/C21H30N2O5/c1-16(21(26-2)27-3)22-14-19(24)23-13-9-12-18(23)20(25)28-15-17-10-7-5-4-6-8-11-17/h4-8,10-11,16,18,21-22H,9,12-15H2,1-3H3/b5-4-,6-4?,7-5?,8-6-,10-7-,11-8?,17-10?,17-11+. The molecule has 0 aromatic heterocycles. The number of nitrogens with zero attached hydrogens (tertiary/aromatic N) is 1. The molecule has 0 aromatic rings. The van der Waals surface area contributed by atoms with Crippen LogP contribution in [0.25, 0.3) is 0 Å². The van der Waals surface area contributed by atoms with Crippen LogP contribution in [0.2, 0.25) is 0 Å². The summed E-state index contributed by atoms with van der Waals surface area (Å²) in [5.74, 6) is -0.489. The first kappa shape index (κ1) is 22.1. The summed E-state index contributed by atoms with van der Waals surface area (Å²) in [6.07, 6.45) is 14.3. The number of carbonyl (C=O) groups excluding carboxylic acids is 2. The van der Waals surface area contributed by atoms with E-state index in [4.69, 9.17) is 14.2 Å². The van der Waals surface area contributed by atoms with Crippen LogP contribution in [0.3, 0.4) is 0 Å². The second-order valence-electron chi connectivity index (χ2n) is 6.73. The molecule has 1 aliphatic carbocycles. The Kier molecular flexibility index (Phi) is 9.13. The molecule has 0 spiro atoms. The van der Waals surface area contributed by atoms with Crippen molar-refractivity contribution in [2.45, 2.75) is 38.1 Å². The van der Waals surface area contributed by atoms with Gasteiger partial charge in [0.1, 0.15) is 12.6 Å². The smallest absolute Gasteiger partial charge is 0.329 e. The van der Waals surface area contributed by atoms with Gasteiger partial charge < -0.3 is 24.4 Å². The molecule has 0 saturated carbocycles. The van der Waals surface area contributed by atoms with E-state index in [0.717, 1.165) is 12.0 Å². The van der Waals surface area contributed by atoms with E-state index >= 15 is 0 Å². The van der Waals surface area contributed by atoms with Crippen LogP contribution in [0, 0.1) is 0 Å². The Morgan fingerprint density at radius 3 is 2.64 bits per heavy atom. The summed E-state index contributed by atoms with van der Waals surface area (Å²) < 4.78 is 15.8. The molecule has 7 nitrogen and oxygen atoms in total. The number of rotatable bonds is 9. The number of ether oxygens (including phenoxy) is 3. The monoisotopic (exact) mass is 390 g/mol. The average molecular weight is 390 g/mol. The molecule has 0 bridgehead atoms. The largest absolute Gasteiger partial charge is 0.459 e. The molecule has 1 amide bonds. The van der Waals surface area contributed by atoms with Crippen LogP contribution in [-0.4, -0.2) is 69.1 Å². The second kappa shape index (κ2) is 11.6. The third-order valence-electron chi connectivity index (χ3n) is 4.74. The van der Waals surface area contributed by atoms with Crippen LogP contribution in [0.15, 0.2) is 48.1 Å². The Morgan fingerprint density at radius 2 is 1.89 bits per heavy atom. The topological polar surface area (TPSA) is 77.1 Å². The lowest BCUT2D eigenvalue weighted by Gasteiger charge is -2.26. The summed E-state index contributed by atoms with van der Waals surface area (Å²) in [6.45, 7) is 2.73. The average Bonchev–Trinajstić information content (AvgIpc) is 3.16. The fourth-order valence-electron chi connectivity index (χ4n) is 3.21. The SMILES string of the molecule is COC(OC)C(C)NCC(=O)N1CCCC1C(=O)OCC1=C/C=C\C=C/C=C\1. The zero-order chi connectivity index (χ0) is 20.4. The highest BCUT2D eigenvalue weighted by Gasteiger charge is 2.35. The number of esters is 1. The van der Waals surface area contributed by atoms with Gasteiger partial charge in [0.05, 0.1) is 12.6 Å². The number of hydrogen-bond acceptors (Lipinski definition) is 6. The summed E-state index contributed by atoms with van der Waals surface area (Å²) in [6, 6.07) is -0.689. The Labute approximate surface area is 166 Å². The molecule has 2 rings (SSSR count). The maximum atomic E-state index is 12.6. The first-order chi connectivity index (χ1) is 13.6. The molecule has 1 aliphatic heterocycles. The first-order valence-corrected chi connectivity index (χ1v) is 9.52. The van der Waals surface area contributed by atoms with E-state index in [1.165, 1.54) is 0 Å². The maximum absolute atomic E-state index is 12.6. The van der Waals surface area contributed by atoms with Crippen molar-refractivity contribution in [1.82, 2.24) is 10.2 Å². The van der Waals surface area contributed by atoms with E-state index < -0.39 is 12.3 Å². The van der Waals surface area contributed by atoms with Gasteiger partial charge in [-0.1, -0.05) is 42.5 Å². The second-order valence-corrected chi connectivity index (χ2v) is 6.73. The molecule has 0 aromatic carbocycles. The summed E-state index contributed by atoms with van der Waals surface area (Å²) in [7, 11) is 3.10. The molecule has 7 heteroatoms. The van der Waals surface area contributed by atoms with Gasteiger partial charge in [-0.3, -0.25) is 4.79 Å². The van der Waals surface area contributed by atoms with Crippen molar-refractivity contribution < 1.29 is 23.8 Å². The van der Waals surface area contributed by atoms with E-state index in [1.807, 2.05) is 49.5 Å². The number of methoxy groups -OCH3 is 2. The molecule has 154 valence electrons. The van der Waals surface area contributed by atoms with E-state index in [-0.39, 0.29) is 31.1 Å². The van der Waals surface area contributed by atoms with Crippen molar-refractivity contribution in [2.24, 2.45) is 0 Å². The number of carbonyl (C=O) groups is 2. The third kappa shape index (κ3) is 6.44. The highest BCUT2D eigenvalue weighted by atomic mass is 16.7. The van der Waals surface area contributed by atoms with Gasteiger partial charge in [0.15, 0.2) is 6.29 Å². The minimum Gasteiger partial charge on any atom is -0.459 e. The Balaban J connectivity index is 1.85. The van der Waals surface area contributed by atoms with Gasteiger partial charge in [-0.15, -0.1) is 0 Å². The zero-order valence-electron chi connectivity index (χ0n) is 16.8. The van der Waals surface area contributed by atoms with Gasteiger partial charge in [-0.2, -0.15) is 0 Å². The summed E-state index contributed by atoms with van der Waals surface area (Å²) >= 11 is 0. The minimum absolute atomic E-state index is 0.110. The molecule has 2 atom stereocenters. The summed E-state index contributed by atoms with van der Waals surface area (Å²) in [5, 5.41) is 3.09. The van der Waals surface area contributed by atoms with E-state index in [0.29, 0.717) is 13.0 Å². The van der Waals surface area contributed by atoms with Crippen LogP contribution in [-0.2, 0) is 23.8 Å². The number of amides is 1. The van der Waals surface area contributed by atoms with Crippen LogP contribution < -0.4 is 5.32 Å². The molecule has 2 aliphatic rings. The van der Waals surface area contributed by atoms with Gasteiger partial charge in [0.25, 0.3) is 0 Å². The van der Waals surface area contributed by atoms with Crippen molar-refractivity contribution in [2.75, 3.05) is 33.9 Å². The normalized spacial score (nSPS) is 25.4. The van der Waals surface area contributed by atoms with Crippen molar-refractivity contribution in [1.29, 1.82) is 0 Å². The van der Waals surface area contributed by atoms with E-state index in [1.54, 1.807) is 19.1 Å². The molecule has 1 heterocycles. The van der Waals surface area contributed by atoms with Crippen LogP contribution in [0.5, 0.6) is 0 Å². The molecular formula is C21H30N2O5. The number of hydrogen-bond donors (Lipinski definition) is 1. The third-order valence-corrected chi connectivity index (χ3v) is 4.74. The zero-order valence-corrected chi connectivity index (χ0v) is 16.8. The van der Waals surface area contributed by atoms with Crippen LogP contribution in [0.4, 0.5) is 0 Å². The van der Waals surface area contributed by atoms with Gasteiger partial charge in [-0.05, 0) is 25.3 Å². The molecule has 28 heavy (non-hydrogen) atoms. The maximum Gasteiger partial charge on any atom is 0.329 e. The van der Waals surface area contributed by atoms with Crippen LogP contribution in [0.1, 0.15) is 19.8 Å². The summed E-state index contributed by atoms with van der Waals surface area (Å²) in [5.41, 5.74) is 0.894. The minimum atomic E-state index is -0.529. The van der Waals surface area contributed by atoms with Crippen LogP contribution >= 0.6 is 0 Å². The lowest BCUT2D eigenvalue weighted by Crippen LogP contribution is -2.48. The molecule has 1 saturated heterocycles. The lowest BCUT2D eigenvalue weighted by molar-refractivity contribution is -0.152. The fourth-order valence-corrected chi connectivity index (χ4v) is 3.21. The van der Waals surface area contributed by atoms with Crippen molar-refractivity contribution in [3.8, 4) is 0 Å². The van der Waals surface area contributed by atoms with Crippen molar-refractivity contribution >= 4 is 11.9 Å². The molecule has 0 radical (unpaired) electrons. The molecule has 2 unspecified atom stereocenters. The van der Waals surface area contributed by atoms with Crippen molar-refractivity contribution in [3.05, 3.63) is 48.1 Å². The Morgan fingerprint density at radius 1 is 1.18 bits per heavy atom. The quantitative estimate of drug-likeness (QED) is 0.477. The van der Waals surface area contributed by atoms with E-state index in [9.17, 15) is 9.59 Å². The number of nitrogens with one attached hydrogen (secondary N) is 1. The predicted molar refractivity (Wildman–Crippen MR) is 106 cm³/mol. The van der Waals surface area contributed by atoms with E-state index in [2.05, 4.69) is 5.32 Å². The molecule has 1 N–H and O–H groups in total. The summed E-state index contributed by atoms with van der Waals surface area (Å²) in [4.78, 5) is 26.7. The highest BCUT2D eigenvalue weighted by molar-refractivity contribution is 5.86. The lowest BCUT2D eigenvalue weighted by atomic mass is 10.2. The molecule has 1 fully saturated rings. The van der Waals surface area contributed by atoms with Gasteiger partial charge in [0, 0.05) is 20.8 Å². The predicted octanol–water partition coefficient (Wildman–Crippen LogP) is 1.73. The van der Waals surface area contributed by atoms with Gasteiger partial charge in [-0.25, -0.2) is 4.79 Å². The first-order valence-electron chi connectivity index (χ1n) is 9.52. The van der Waals surface area contributed by atoms with Crippen molar-refractivity contribution in [3.63, 3.8) is 0 Å². The fraction of sp³-hybridized carbons (Fsp3) is 0.524. The number of likely N-dealkylation sites (tertiary alicyclic amines) is 1. The highest BCUT2D eigenvalue weighted by Crippen LogP contribution is 2.19.